The van der Waals surface area contributed by atoms with Crippen LogP contribution in [0.5, 0.6) is 0 Å². The summed E-state index contributed by atoms with van der Waals surface area (Å²) in [5.41, 5.74) is 1.23. The van der Waals surface area contributed by atoms with Gasteiger partial charge < -0.3 is 5.32 Å². The molecule has 0 unspecified atom stereocenters. The lowest BCUT2D eigenvalue weighted by Gasteiger charge is -2.18. The number of anilines is 2. The molecule has 1 amide bonds. The second-order valence-corrected chi connectivity index (χ2v) is 9.47. The lowest BCUT2D eigenvalue weighted by Crippen LogP contribution is -2.27. The molecule has 3 aromatic rings. The fourth-order valence-electron chi connectivity index (χ4n) is 2.42. The molecule has 8 heteroatoms. The summed E-state index contributed by atoms with van der Waals surface area (Å²) >= 11 is 7.20. The van der Waals surface area contributed by atoms with E-state index in [0.29, 0.717) is 21.3 Å². The van der Waals surface area contributed by atoms with Gasteiger partial charge in [0.1, 0.15) is 0 Å². The molecule has 0 radical (unpaired) electrons. The molecule has 0 fully saturated rings. The van der Waals surface area contributed by atoms with Gasteiger partial charge in [0.2, 0.25) is 10.0 Å². The SMILES string of the molecule is CCS(=O)(=O)N(C)c1ccc2sc(C(=O)Nc3ccc(Cl)cc3)cc2c1. The third kappa shape index (κ3) is 3.85. The minimum Gasteiger partial charge on any atom is -0.321 e. The van der Waals surface area contributed by atoms with Crippen LogP contribution >= 0.6 is 22.9 Å². The van der Waals surface area contributed by atoms with E-state index >= 15 is 0 Å². The number of amides is 1. The van der Waals surface area contributed by atoms with E-state index in [2.05, 4.69) is 5.32 Å². The van der Waals surface area contributed by atoms with E-state index in [4.69, 9.17) is 11.6 Å². The molecule has 0 saturated heterocycles. The molecule has 0 spiro atoms. The molecule has 2 aromatic carbocycles. The number of nitrogens with one attached hydrogen (secondary N) is 1. The zero-order chi connectivity index (χ0) is 18.9. The van der Waals surface area contributed by atoms with Gasteiger partial charge in [-0.05, 0) is 60.8 Å². The standard InChI is InChI=1S/C18H17ClN2O3S2/c1-3-26(23,24)21(2)15-8-9-16-12(10-15)11-17(25-16)18(22)20-14-6-4-13(19)5-7-14/h4-11H,3H2,1-2H3,(H,20,22). The Morgan fingerprint density at radius 1 is 1.15 bits per heavy atom. The van der Waals surface area contributed by atoms with Crippen molar-refractivity contribution in [3.05, 3.63) is 58.4 Å². The fourth-order valence-corrected chi connectivity index (χ4v) is 4.31. The summed E-state index contributed by atoms with van der Waals surface area (Å²) in [4.78, 5) is 13.0. The van der Waals surface area contributed by atoms with Crippen LogP contribution < -0.4 is 9.62 Å². The summed E-state index contributed by atoms with van der Waals surface area (Å²) in [5, 5.41) is 4.25. The number of benzene rings is 2. The Morgan fingerprint density at radius 2 is 1.85 bits per heavy atom. The Balaban J connectivity index is 1.87. The summed E-state index contributed by atoms with van der Waals surface area (Å²) in [7, 11) is -1.80. The maximum absolute atomic E-state index is 12.5. The summed E-state index contributed by atoms with van der Waals surface area (Å²) in [5.74, 6) is -0.190. The number of sulfonamides is 1. The Labute approximate surface area is 161 Å². The molecular formula is C18H17ClN2O3S2. The number of fused-ring (bicyclic) bond motifs is 1. The van der Waals surface area contributed by atoms with Crippen molar-refractivity contribution in [3.63, 3.8) is 0 Å². The molecular weight excluding hydrogens is 392 g/mol. The molecule has 0 aliphatic rings. The average molecular weight is 409 g/mol. The van der Waals surface area contributed by atoms with E-state index < -0.39 is 10.0 Å². The Bertz CT molecular complexity index is 1060. The molecule has 26 heavy (non-hydrogen) atoms. The molecule has 5 nitrogen and oxygen atoms in total. The molecule has 0 saturated carbocycles. The minimum absolute atomic E-state index is 0.0277. The molecule has 1 heterocycles. The average Bonchev–Trinajstić information content (AvgIpc) is 3.06. The van der Waals surface area contributed by atoms with Crippen molar-refractivity contribution < 1.29 is 13.2 Å². The highest BCUT2D eigenvalue weighted by atomic mass is 35.5. The van der Waals surface area contributed by atoms with E-state index in [9.17, 15) is 13.2 Å². The van der Waals surface area contributed by atoms with Crippen molar-refractivity contribution in [1.82, 2.24) is 0 Å². The lowest BCUT2D eigenvalue weighted by atomic mass is 10.2. The second kappa shape index (κ2) is 7.26. The van der Waals surface area contributed by atoms with Crippen LogP contribution in [0.4, 0.5) is 11.4 Å². The van der Waals surface area contributed by atoms with Crippen LogP contribution in [-0.2, 0) is 10.0 Å². The van der Waals surface area contributed by atoms with Gasteiger partial charge in [0.25, 0.3) is 5.91 Å². The van der Waals surface area contributed by atoms with E-state index in [1.54, 1.807) is 49.4 Å². The van der Waals surface area contributed by atoms with Crippen molar-refractivity contribution in [3.8, 4) is 0 Å². The van der Waals surface area contributed by atoms with E-state index in [1.165, 1.54) is 22.7 Å². The van der Waals surface area contributed by atoms with Crippen molar-refractivity contribution in [1.29, 1.82) is 0 Å². The number of halogens is 1. The lowest BCUT2D eigenvalue weighted by molar-refractivity contribution is 0.103. The summed E-state index contributed by atoms with van der Waals surface area (Å²) in [6, 6.07) is 14.0. The van der Waals surface area contributed by atoms with Crippen LogP contribution in [0, 0.1) is 0 Å². The van der Waals surface area contributed by atoms with Crippen LogP contribution in [0.1, 0.15) is 16.6 Å². The number of carbonyl (C=O) groups is 1. The minimum atomic E-state index is -3.33. The highest BCUT2D eigenvalue weighted by molar-refractivity contribution is 7.92. The zero-order valence-corrected chi connectivity index (χ0v) is 16.6. The first-order valence-corrected chi connectivity index (χ1v) is 10.7. The highest BCUT2D eigenvalue weighted by Gasteiger charge is 2.17. The molecule has 1 aromatic heterocycles. The van der Waals surface area contributed by atoms with Crippen LogP contribution in [0.15, 0.2) is 48.5 Å². The zero-order valence-electron chi connectivity index (χ0n) is 14.2. The van der Waals surface area contributed by atoms with Crippen molar-refractivity contribution in [2.75, 3.05) is 22.4 Å². The third-order valence-electron chi connectivity index (χ3n) is 3.97. The molecule has 0 aliphatic carbocycles. The van der Waals surface area contributed by atoms with E-state index in [0.717, 1.165) is 10.1 Å². The van der Waals surface area contributed by atoms with Gasteiger partial charge in [-0.2, -0.15) is 0 Å². The predicted octanol–water partition coefficient (Wildman–Crippen LogP) is 4.59. The Morgan fingerprint density at radius 3 is 2.50 bits per heavy atom. The number of nitrogens with zero attached hydrogens (tertiary/aromatic N) is 1. The van der Waals surface area contributed by atoms with Gasteiger partial charge in [0.05, 0.1) is 16.3 Å². The molecule has 1 N–H and O–H groups in total. The number of carbonyl (C=O) groups excluding carboxylic acids is 1. The normalized spacial score (nSPS) is 11.5. The van der Waals surface area contributed by atoms with Crippen molar-refractivity contribution in [2.24, 2.45) is 0 Å². The summed E-state index contributed by atoms with van der Waals surface area (Å²) < 4.78 is 26.2. The topological polar surface area (TPSA) is 66.5 Å². The van der Waals surface area contributed by atoms with Gasteiger partial charge in [0.15, 0.2) is 0 Å². The third-order valence-corrected chi connectivity index (χ3v) is 7.11. The first kappa shape index (κ1) is 18.7. The monoisotopic (exact) mass is 408 g/mol. The summed E-state index contributed by atoms with van der Waals surface area (Å²) in [6.45, 7) is 1.61. The number of rotatable bonds is 5. The molecule has 0 aliphatic heterocycles. The van der Waals surface area contributed by atoms with Gasteiger partial charge in [0, 0.05) is 22.5 Å². The van der Waals surface area contributed by atoms with Gasteiger partial charge in [-0.25, -0.2) is 8.42 Å². The van der Waals surface area contributed by atoms with E-state index in [-0.39, 0.29) is 11.7 Å². The van der Waals surface area contributed by atoms with Crippen LogP contribution in [0.3, 0.4) is 0 Å². The van der Waals surface area contributed by atoms with Crippen LogP contribution in [-0.4, -0.2) is 27.1 Å². The number of hydrogen-bond acceptors (Lipinski definition) is 4. The smallest absolute Gasteiger partial charge is 0.265 e. The second-order valence-electron chi connectivity index (χ2n) is 5.66. The maximum atomic E-state index is 12.5. The van der Waals surface area contributed by atoms with Gasteiger partial charge >= 0.3 is 0 Å². The molecule has 3 rings (SSSR count). The van der Waals surface area contributed by atoms with Gasteiger partial charge in [-0.15, -0.1) is 11.3 Å². The molecule has 0 atom stereocenters. The Hall–Kier alpha value is -2.09. The number of hydrogen-bond donors (Lipinski definition) is 1. The summed E-state index contributed by atoms with van der Waals surface area (Å²) in [6.07, 6.45) is 0. The predicted molar refractivity (Wildman–Crippen MR) is 109 cm³/mol. The first-order chi connectivity index (χ1) is 12.3. The van der Waals surface area contributed by atoms with E-state index in [1.807, 2.05) is 6.07 Å². The van der Waals surface area contributed by atoms with Gasteiger partial charge in [-0.1, -0.05) is 11.6 Å². The highest BCUT2D eigenvalue weighted by Crippen LogP contribution is 2.30. The largest absolute Gasteiger partial charge is 0.321 e. The van der Waals surface area contributed by atoms with Gasteiger partial charge in [-0.3, -0.25) is 9.10 Å². The fraction of sp³-hybridized carbons (Fsp3) is 0.167. The quantitative estimate of drug-likeness (QED) is 0.671. The van der Waals surface area contributed by atoms with Crippen LogP contribution in [0.2, 0.25) is 5.02 Å². The van der Waals surface area contributed by atoms with Crippen LogP contribution in [0.25, 0.3) is 10.1 Å². The Kier molecular flexibility index (Phi) is 5.22. The first-order valence-electron chi connectivity index (χ1n) is 7.87. The molecule has 136 valence electrons. The molecule has 0 bridgehead atoms. The van der Waals surface area contributed by atoms with Crippen molar-refractivity contribution in [2.45, 2.75) is 6.92 Å². The maximum Gasteiger partial charge on any atom is 0.265 e. The number of thiophene rings is 1. The van der Waals surface area contributed by atoms with Crippen molar-refractivity contribution >= 4 is 60.3 Å².